The van der Waals surface area contributed by atoms with Crippen LogP contribution in [-0.2, 0) is 6.42 Å². The van der Waals surface area contributed by atoms with Gasteiger partial charge in [-0.05, 0) is 24.1 Å². The molecule has 2 heterocycles. The molecule has 0 saturated heterocycles. The maximum Gasteiger partial charge on any atom is 0.259 e. The first-order valence-electron chi connectivity index (χ1n) is 7.23. The summed E-state index contributed by atoms with van der Waals surface area (Å²) in [7, 11) is 0. The van der Waals surface area contributed by atoms with Crippen LogP contribution in [0.25, 0.3) is 11.3 Å². The lowest BCUT2D eigenvalue weighted by atomic mass is 10.1. The number of nitrogens with one attached hydrogen (secondary N) is 1. The average Bonchev–Trinajstić information content (AvgIpc) is 2.98. The molecule has 1 aromatic carbocycles. The normalized spacial score (nSPS) is 10.4. The summed E-state index contributed by atoms with van der Waals surface area (Å²) in [6.45, 7) is 0.500. The van der Waals surface area contributed by atoms with Crippen LogP contribution in [0.1, 0.15) is 15.9 Å². The van der Waals surface area contributed by atoms with E-state index in [-0.39, 0.29) is 17.4 Å². The predicted octanol–water partition coefficient (Wildman–Crippen LogP) is 2.29. The zero-order chi connectivity index (χ0) is 16.1. The molecule has 0 unspecified atom stereocenters. The molecule has 0 bridgehead atoms. The summed E-state index contributed by atoms with van der Waals surface area (Å²) in [6, 6.07) is 13.5. The van der Waals surface area contributed by atoms with Crippen LogP contribution in [0.2, 0.25) is 0 Å². The van der Waals surface area contributed by atoms with Gasteiger partial charge < -0.3 is 15.6 Å². The van der Waals surface area contributed by atoms with Crippen LogP contribution in [0.15, 0.2) is 59.4 Å². The molecule has 3 N–H and O–H groups in total. The average molecular weight is 308 g/mol. The van der Waals surface area contributed by atoms with Crippen molar-refractivity contribution in [3.63, 3.8) is 0 Å². The van der Waals surface area contributed by atoms with Crippen LogP contribution in [-0.4, -0.2) is 22.6 Å². The molecule has 3 rings (SSSR count). The van der Waals surface area contributed by atoms with Gasteiger partial charge in [-0.15, -0.1) is 0 Å². The van der Waals surface area contributed by atoms with E-state index in [0.717, 1.165) is 12.0 Å². The third kappa shape index (κ3) is 3.37. The molecule has 0 fully saturated rings. The van der Waals surface area contributed by atoms with E-state index in [9.17, 15) is 4.79 Å². The molecule has 6 heteroatoms. The highest BCUT2D eigenvalue weighted by atomic mass is 16.5. The van der Waals surface area contributed by atoms with Gasteiger partial charge in [0.2, 0.25) is 5.88 Å². The summed E-state index contributed by atoms with van der Waals surface area (Å²) >= 11 is 0. The molecule has 0 radical (unpaired) electrons. The number of pyridine rings is 1. The Morgan fingerprint density at radius 3 is 2.74 bits per heavy atom. The Morgan fingerprint density at radius 1 is 1.17 bits per heavy atom. The van der Waals surface area contributed by atoms with Gasteiger partial charge in [-0.2, -0.15) is 0 Å². The molecule has 0 spiro atoms. The SMILES string of the molecule is Nc1onc(-c2cccnc2)c1C(=O)NCCc1ccccc1. The lowest BCUT2D eigenvalue weighted by molar-refractivity contribution is 0.0955. The minimum atomic E-state index is -0.307. The fourth-order valence-electron chi connectivity index (χ4n) is 2.28. The number of hydrogen-bond acceptors (Lipinski definition) is 5. The number of rotatable bonds is 5. The van der Waals surface area contributed by atoms with Crippen molar-refractivity contribution in [1.29, 1.82) is 0 Å². The second kappa shape index (κ2) is 6.74. The third-order valence-corrected chi connectivity index (χ3v) is 3.42. The molecule has 1 amide bonds. The molecule has 0 aliphatic heterocycles. The number of nitrogen functional groups attached to an aromatic ring is 1. The van der Waals surface area contributed by atoms with Crippen LogP contribution >= 0.6 is 0 Å². The molecule has 3 aromatic rings. The highest BCUT2D eigenvalue weighted by Crippen LogP contribution is 2.26. The van der Waals surface area contributed by atoms with E-state index in [4.69, 9.17) is 10.3 Å². The number of anilines is 1. The molecule has 0 aliphatic carbocycles. The largest absolute Gasteiger partial charge is 0.367 e. The maximum absolute atomic E-state index is 12.4. The van der Waals surface area contributed by atoms with E-state index in [1.807, 2.05) is 30.3 Å². The Balaban J connectivity index is 1.71. The molecule has 2 aromatic heterocycles. The second-order valence-corrected chi connectivity index (χ2v) is 5.00. The topological polar surface area (TPSA) is 94.0 Å². The van der Waals surface area contributed by atoms with E-state index < -0.39 is 0 Å². The number of nitrogens with zero attached hydrogens (tertiary/aromatic N) is 2. The van der Waals surface area contributed by atoms with Gasteiger partial charge in [0.05, 0.1) is 0 Å². The third-order valence-electron chi connectivity index (χ3n) is 3.42. The smallest absolute Gasteiger partial charge is 0.259 e. The highest BCUT2D eigenvalue weighted by Gasteiger charge is 2.22. The summed E-state index contributed by atoms with van der Waals surface area (Å²) in [4.78, 5) is 16.4. The number of aromatic nitrogens is 2. The molecule has 0 aliphatic rings. The maximum atomic E-state index is 12.4. The summed E-state index contributed by atoms with van der Waals surface area (Å²) in [5, 5.41) is 6.72. The van der Waals surface area contributed by atoms with Gasteiger partial charge in [0.25, 0.3) is 5.91 Å². The monoisotopic (exact) mass is 308 g/mol. The molecule has 0 saturated carbocycles. The number of benzene rings is 1. The second-order valence-electron chi connectivity index (χ2n) is 5.00. The first kappa shape index (κ1) is 14.8. The minimum Gasteiger partial charge on any atom is -0.367 e. The van der Waals surface area contributed by atoms with Crippen LogP contribution in [0.5, 0.6) is 0 Å². The van der Waals surface area contributed by atoms with Crippen molar-refractivity contribution in [3.8, 4) is 11.3 Å². The standard InChI is InChI=1S/C17H16N4O2/c18-16-14(15(21-23-16)13-7-4-9-19-11-13)17(22)20-10-8-12-5-2-1-3-6-12/h1-7,9,11H,8,10,18H2,(H,20,22). The van der Waals surface area contributed by atoms with Crippen molar-refractivity contribution in [3.05, 3.63) is 66.0 Å². The number of carbonyl (C=O) groups excluding carboxylic acids is 1. The summed E-state index contributed by atoms with van der Waals surface area (Å²) < 4.78 is 4.97. The minimum absolute atomic E-state index is 0.000985. The zero-order valence-corrected chi connectivity index (χ0v) is 12.4. The lowest BCUT2D eigenvalue weighted by Crippen LogP contribution is -2.26. The van der Waals surface area contributed by atoms with Gasteiger partial charge in [0, 0.05) is 24.5 Å². The van der Waals surface area contributed by atoms with Gasteiger partial charge in [-0.1, -0.05) is 35.5 Å². The van der Waals surface area contributed by atoms with Crippen molar-refractivity contribution in [2.75, 3.05) is 12.3 Å². The van der Waals surface area contributed by atoms with E-state index in [1.165, 1.54) is 0 Å². The van der Waals surface area contributed by atoms with Crippen molar-refractivity contribution < 1.29 is 9.32 Å². The lowest BCUT2D eigenvalue weighted by Gasteiger charge is -2.05. The number of amides is 1. The Hall–Kier alpha value is -3.15. The number of carbonyl (C=O) groups is 1. The van der Waals surface area contributed by atoms with Gasteiger partial charge in [0.1, 0.15) is 11.3 Å². The number of nitrogens with two attached hydrogens (primary N) is 1. The van der Waals surface area contributed by atoms with Crippen LogP contribution in [0.4, 0.5) is 5.88 Å². The van der Waals surface area contributed by atoms with Crippen molar-refractivity contribution in [1.82, 2.24) is 15.5 Å². The van der Waals surface area contributed by atoms with Crippen LogP contribution in [0, 0.1) is 0 Å². The Morgan fingerprint density at radius 2 is 2.00 bits per heavy atom. The van der Waals surface area contributed by atoms with Crippen molar-refractivity contribution in [2.24, 2.45) is 0 Å². The molecule has 116 valence electrons. The predicted molar refractivity (Wildman–Crippen MR) is 86.6 cm³/mol. The molecular weight excluding hydrogens is 292 g/mol. The molecule has 0 atom stereocenters. The van der Waals surface area contributed by atoms with Gasteiger partial charge in [-0.3, -0.25) is 9.78 Å². The van der Waals surface area contributed by atoms with E-state index in [2.05, 4.69) is 15.5 Å². The summed E-state index contributed by atoms with van der Waals surface area (Å²) in [6.07, 6.45) is 3.99. The van der Waals surface area contributed by atoms with Gasteiger partial charge >= 0.3 is 0 Å². The first-order chi connectivity index (χ1) is 11.3. The molecule has 6 nitrogen and oxygen atoms in total. The summed E-state index contributed by atoms with van der Waals surface area (Å²) in [5.41, 5.74) is 8.22. The quantitative estimate of drug-likeness (QED) is 0.754. The van der Waals surface area contributed by atoms with E-state index in [1.54, 1.807) is 24.5 Å². The fourth-order valence-corrected chi connectivity index (χ4v) is 2.28. The fraction of sp³-hybridized carbons (Fsp3) is 0.118. The Kier molecular flexibility index (Phi) is 4.33. The summed E-state index contributed by atoms with van der Waals surface area (Å²) in [5.74, 6) is -0.306. The van der Waals surface area contributed by atoms with Crippen LogP contribution < -0.4 is 11.1 Å². The number of hydrogen-bond donors (Lipinski definition) is 2. The molecular formula is C17H16N4O2. The Bertz CT molecular complexity index is 785. The van der Waals surface area contributed by atoms with Crippen molar-refractivity contribution in [2.45, 2.75) is 6.42 Å². The first-order valence-corrected chi connectivity index (χ1v) is 7.23. The van der Waals surface area contributed by atoms with Gasteiger partial charge in [0.15, 0.2) is 0 Å². The van der Waals surface area contributed by atoms with Gasteiger partial charge in [-0.25, -0.2) is 0 Å². The Labute approximate surface area is 133 Å². The van der Waals surface area contributed by atoms with E-state index in [0.29, 0.717) is 17.8 Å². The zero-order valence-electron chi connectivity index (χ0n) is 12.4. The molecule has 23 heavy (non-hydrogen) atoms. The highest BCUT2D eigenvalue weighted by molar-refractivity contribution is 6.03. The van der Waals surface area contributed by atoms with Crippen LogP contribution in [0.3, 0.4) is 0 Å². The van der Waals surface area contributed by atoms with Crippen molar-refractivity contribution >= 4 is 11.8 Å². The van der Waals surface area contributed by atoms with E-state index >= 15 is 0 Å².